The number of aromatic nitrogens is 2. The molecule has 1 spiro atoms. The van der Waals surface area contributed by atoms with Crippen LogP contribution in [0.1, 0.15) is 30.0 Å². The number of rotatable bonds is 2. The zero-order valence-corrected chi connectivity index (χ0v) is 12.4. The lowest BCUT2D eigenvalue weighted by Crippen LogP contribution is -2.62. The SMILES string of the molecule is FC(F)(F)c1ccnc(N2CC3(CC(c4ccccc4)C3)C2)n1. The minimum Gasteiger partial charge on any atom is -0.340 e. The van der Waals surface area contributed by atoms with Gasteiger partial charge in [0.05, 0.1) is 0 Å². The van der Waals surface area contributed by atoms with Crippen molar-refractivity contribution < 1.29 is 13.2 Å². The number of hydrogen-bond acceptors (Lipinski definition) is 3. The van der Waals surface area contributed by atoms with Gasteiger partial charge in [-0.1, -0.05) is 30.3 Å². The first-order chi connectivity index (χ1) is 11.0. The van der Waals surface area contributed by atoms with Crippen LogP contribution in [0.15, 0.2) is 42.6 Å². The summed E-state index contributed by atoms with van der Waals surface area (Å²) < 4.78 is 38.1. The topological polar surface area (TPSA) is 29.0 Å². The fourth-order valence-electron chi connectivity index (χ4n) is 3.77. The molecule has 23 heavy (non-hydrogen) atoms. The molecule has 0 bridgehead atoms. The van der Waals surface area contributed by atoms with Crippen LogP contribution in [0.2, 0.25) is 0 Å². The first kappa shape index (κ1) is 14.5. The number of halogens is 3. The van der Waals surface area contributed by atoms with Crippen molar-refractivity contribution in [2.75, 3.05) is 18.0 Å². The molecule has 1 saturated heterocycles. The van der Waals surface area contributed by atoms with Crippen molar-refractivity contribution in [3.05, 3.63) is 53.9 Å². The highest BCUT2D eigenvalue weighted by atomic mass is 19.4. The van der Waals surface area contributed by atoms with Crippen molar-refractivity contribution in [1.29, 1.82) is 0 Å². The lowest BCUT2D eigenvalue weighted by atomic mass is 9.56. The lowest BCUT2D eigenvalue weighted by molar-refractivity contribution is -0.141. The molecule has 0 N–H and O–H groups in total. The van der Waals surface area contributed by atoms with E-state index in [0.717, 1.165) is 32.0 Å². The smallest absolute Gasteiger partial charge is 0.340 e. The summed E-state index contributed by atoms with van der Waals surface area (Å²) in [5.74, 6) is 0.759. The zero-order valence-electron chi connectivity index (χ0n) is 12.4. The highest BCUT2D eigenvalue weighted by molar-refractivity contribution is 5.40. The number of nitrogens with zero attached hydrogens (tertiary/aromatic N) is 3. The molecule has 2 heterocycles. The Hall–Kier alpha value is -2.11. The minimum atomic E-state index is -4.42. The standard InChI is InChI=1S/C17H16F3N3/c18-17(19,20)14-6-7-21-15(22-14)23-10-16(11-23)8-13(9-16)12-4-2-1-3-5-12/h1-7,13H,8-11H2. The molecule has 1 aromatic carbocycles. The summed E-state index contributed by atoms with van der Waals surface area (Å²) in [4.78, 5) is 9.49. The average Bonchev–Trinajstić information content (AvgIpc) is 2.45. The first-order valence-electron chi connectivity index (χ1n) is 7.65. The van der Waals surface area contributed by atoms with E-state index in [0.29, 0.717) is 5.92 Å². The van der Waals surface area contributed by atoms with Crippen LogP contribution in [0.25, 0.3) is 0 Å². The third-order valence-corrected chi connectivity index (χ3v) is 4.90. The van der Waals surface area contributed by atoms with Gasteiger partial charge in [0.1, 0.15) is 5.69 Å². The Morgan fingerprint density at radius 2 is 1.74 bits per heavy atom. The van der Waals surface area contributed by atoms with Crippen molar-refractivity contribution >= 4 is 5.95 Å². The Balaban J connectivity index is 1.40. The van der Waals surface area contributed by atoms with Crippen molar-refractivity contribution in [3.63, 3.8) is 0 Å². The van der Waals surface area contributed by atoms with E-state index in [4.69, 9.17) is 0 Å². The van der Waals surface area contributed by atoms with Crippen molar-refractivity contribution in [2.45, 2.75) is 24.9 Å². The Kier molecular flexibility index (Phi) is 3.11. The van der Waals surface area contributed by atoms with E-state index in [2.05, 4.69) is 22.1 Å². The molecule has 2 aromatic rings. The number of benzene rings is 1. The number of anilines is 1. The maximum absolute atomic E-state index is 12.7. The molecule has 0 amide bonds. The predicted molar refractivity (Wildman–Crippen MR) is 80.1 cm³/mol. The van der Waals surface area contributed by atoms with Gasteiger partial charge in [-0.2, -0.15) is 13.2 Å². The highest BCUT2D eigenvalue weighted by Crippen LogP contribution is 2.56. The number of hydrogen-bond donors (Lipinski definition) is 0. The Labute approximate surface area is 132 Å². The first-order valence-corrected chi connectivity index (χ1v) is 7.65. The van der Waals surface area contributed by atoms with Crippen LogP contribution in [-0.2, 0) is 6.18 Å². The molecule has 2 fully saturated rings. The van der Waals surface area contributed by atoms with Crippen LogP contribution < -0.4 is 4.90 Å². The van der Waals surface area contributed by atoms with Crippen molar-refractivity contribution in [3.8, 4) is 0 Å². The van der Waals surface area contributed by atoms with Gasteiger partial charge in [-0.25, -0.2) is 9.97 Å². The van der Waals surface area contributed by atoms with E-state index in [1.165, 1.54) is 11.8 Å². The van der Waals surface area contributed by atoms with Gasteiger partial charge < -0.3 is 4.90 Å². The molecule has 1 saturated carbocycles. The second-order valence-electron chi connectivity index (χ2n) is 6.61. The third-order valence-electron chi connectivity index (χ3n) is 4.90. The molecule has 3 nitrogen and oxygen atoms in total. The zero-order chi connectivity index (χ0) is 16.1. The van der Waals surface area contributed by atoms with E-state index in [1.54, 1.807) is 0 Å². The van der Waals surface area contributed by atoms with Crippen LogP contribution in [0.5, 0.6) is 0 Å². The van der Waals surface area contributed by atoms with E-state index >= 15 is 0 Å². The maximum atomic E-state index is 12.7. The number of alkyl halides is 3. The summed E-state index contributed by atoms with van der Waals surface area (Å²) in [5.41, 5.74) is 0.712. The fourth-order valence-corrected chi connectivity index (χ4v) is 3.77. The molecular weight excluding hydrogens is 303 g/mol. The highest BCUT2D eigenvalue weighted by Gasteiger charge is 2.53. The van der Waals surface area contributed by atoms with Gasteiger partial charge >= 0.3 is 6.18 Å². The van der Waals surface area contributed by atoms with Crippen molar-refractivity contribution in [2.24, 2.45) is 5.41 Å². The molecule has 1 aromatic heterocycles. The summed E-state index contributed by atoms with van der Waals surface area (Å²) in [7, 11) is 0. The summed E-state index contributed by atoms with van der Waals surface area (Å²) >= 11 is 0. The monoisotopic (exact) mass is 319 g/mol. The van der Waals surface area contributed by atoms with Gasteiger partial charge in [-0.05, 0) is 30.4 Å². The van der Waals surface area contributed by atoms with Crippen LogP contribution in [0, 0.1) is 5.41 Å². The molecule has 2 aliphatic rings. The summed E-state index contributed by atoms with van der Waals surface area (Å²) in [6.45, 7) is 1.50. The minimum absolute atomic E-state index is 0.189. The normalized spacial score (nSPS) is 20.2. The molecule has 0 radical (unpaired) electrons. The van der Waals surface area contributed by atoms with E-state index in [1.807, 2.05) is 23.1 Å². The van der Waals surface area contributed by atoms with Crippen LogP contribution >= 0.6 is 0 Å². The van der Waals surface area contributed by atoms with Crippen LogP contribution in [-0.4, -0.2) is 23.1 Å². The molecule has 6 heteroatoms. The second kappa shape index (κ2) is 4.94. The second-order valence-corrected chi connectivity index (χ2v) is 6.61. The van der Waals surface area contributed by atoms with Crippen molar-refractivity contribution in [1.82, 2.24) is 9.97 Å². The van der Waals surface area contributed by atoms with Gasteiger partial charge in [0, 0.05) is 24.7 Å². The molecule has 4 rings (SSSR count). The molecule has 120 valence electrons. The summed E-state index contributed by atoms with van der Waals surface area (Å²) in [5, 5.41) is 0. The Morgan fingerprint density at radius 3 is 2.39 bits per heavy atom. The van der Waals surface area contributed by atoms with Gasteiger partial charge in [0.15, 0.2) is 0 Å². The largest absolute Gasteiger partial charge is 0.433 e. The summed E-state index contributed by atoms with van der Waals surface area (Å²) in [6, 6.07) is 11.3. The van der Waals surface area contributed by atoms with E-state index in [9.17, 15) is 13.2 Å². The Bertz CT molecular complexity index is 701. The third kappa shape index (κ3) is 2.56. The van der Waals surface area contributed by atoms with E-state index in [-0.39, 0.29) is 11.4 Å². The van der Waals surface area contributed by atoms with Gasteiger partial charge in [0.2, 0.25) is 5.95 Å². The summed E-state index contributed by atoms with van der Waals surface area (Å²) in [6.07, 6.45) is -1.06. The van der Waals surface area contributed by atoms with Crippen LogP contribution in [0.4, 0.5) is 19.1 Å². The average molecular weight is 319 g/mol. The van der Waals surface area contributed by atoms with Crippen LogP contribution in [0.3, 0.4) is 0 Å². The van der Waals surface area contributed by atoms with Gasteiger partial charge in [0.25, 0.3) is 0 Å². The quantitative estimate of drug-likeness (QED) is 0.841. The van der Waals surface area contributed by atoms with Gasteiger partial charge in [-0.15, -0.1) is 0 Å². The molecule has 0 unspecified atom stereocenters. The predicted octanol–water partition coefficient (Wildman–Crippen LogP) is 3.88. The Morgan fingerprint density at radius 1 is 1.04 bits per heavy atom. The molecular formula is C17H16F3N3. The maximum Gasteiger partial charge on any atom is 0.433 e. The van der Waals surface area contributed by atoms with E-state index < -0.39 is 11.9 Å². The molecule has 1 aliphatic heterocycles. The lowest BCUT2D eigenvalue weighted by Gasteiger charge is -2.59. The fraction of sp³-hybridized carbons (Fsp3) is 0.412. The van der Waals surface area contributed by atoms with Gasteiger partial charge in [-0.3, -0.25) is 0 Å². The molecule has 1 aliphatic carbocycles. The molecule has 0 atom stereocenters.